The maximum absolute atomic E-state index is 13.1. The summed E-state index contributed by atoms with van der Waals surface area (Å²) in [5, 5.41) is 0. The first-order valence-electron chi connectivity index (χ1n) is 8.72. The van der Waals surface area contributed by atoms with Crippen molar-refractivity contribution < 1.29 is 24.1 Å². The third-order valence-electron chi connectivity index (χ3n) is 4.59. The van der Waals surface area contributed by atoms with E-state index >= 15 is 0 Å². The Hall–Kier alpha value is -1.68. The fourth-order valence-electron chi connectivity index (χ4n) is 3.08. The molecule has 0 bridgehead atoms. The van der Waals surface area contributed by atoms with Crippen LogP contribution in [-0.4, -0.2) is 65.6 Å². The molecule has 2 heterocycles. The maximum atomic E-state index is 13.1. The third kappa shape index (κ3) is 4.53. The molecule has 0 aliphatic carbocycles. The number of para-hydroxylation sites is 1. The summed E-state index contributed by atoms with van der Waals surface area (Å²) >= 11 is 1.37. The number of allylic oxidation sites excluding steroid dienone is 2. The van der Waals surface area contributed by atoms with Gasteiger partial charge in [-0.1, -0.05) is 0 Å². The summed E-state index contributed by atoms with van der Waals surface area (Å²) in [6.07, 6.45) is 7.07. The molecule has 0 spiro atoms. The van der Waals surface area contributed by atoms with Crippen molar-refractivity contribution in [3.63, 3.8) is 0 Å². The first kappa shape index (κ1) is 19.1. The average molecular weight is 519 g/mol. The van der Waals surface area contributed by atoms with Gasteiger partial charge in [-0.15, -0.1) is 0 Å². The number of carbonyl (C=O) groups is 1. The summed E-state index contributed by atoms with van der Waals surface area (Å²) in [5.41, 5.74) is 3.39. The van der Waals surface area contributed by atoms with Crippen molar-refractivity contribution in [2.75, 3.05) is 44.7 Å². The van der Waals surface area contributed by atoms with Gasteiger partial charge in [0.1, 0.15) is 0 Å². The number of amides is 1. The van der Waals surface area contributed by atoms with Crippen LogP contribution in [0.3, 0.4) is 0 Å². The topological polar surface area (TPSA) is 39.2 Å². The van der Waals surface area contributed by atoms with E-state index in [-0.39, 0.29) is 5.91 Å². The number of rotatable bonds is 4. The molecule has 26 heavy (non-hydrogen) atoms. The number of benzene rings is 1. The first-order chi connectivity index (χ1) is 12.6. The SMILES string of the molecule is CC1=NC(C=C[CH]=[W])=[C-]N(C(=O)CN2CCN(C)CC2)c2ccccc21. The van der Waals surface area contributed by atoms with Crippen LogP contribution in [-0.2, 0) is 24.1 Å². The molecule has 3 rings (SSSR count). The Morgan fingerprint density at radius 1 is 1.27 bits per heavy atom. The van der Waals surface area contributed by atoms with Gasteiger partial charge < -0.3 is 0 Å². The second kappa shape index (κ2) is 8.81. The van der Waals surface area contributed by atoms with Crippen molar-refractivity contribution in [1.29, 1.82) is 0 Å². The van der Waals surface area contributed by atoms with E-state index in [0.29, 0.717) is 12.2 Å². The second-order valence-electron chi connectivity index (χ2n) is 6.52. The predicted octanol–water partition coefficient (Wildman–Crippen LogP) is 1.64. The molecule has 1 saturated heterocycles. The summed E-state index contributed by atoms with van der Waals surface area (Å²) in [6, 6.07) is 7.90. The van der Waals surface area contributed by atoms with Crippen molar-refractivity contribution in [1.82, 2.24) is 9.80 Å². The van der Waals surface area contributed by atoms with Crippen molar-refractivity contribution >= 4 is 21.7 Å². The molecule has 1 aromatic carbocycles. The van der Waals surface area contributed by atoms with Gasteiger partial charge in [0.25, 0.3) is 0 Å². The van der Waals surface area contributed by atoms with E-state index in [9.17, 15) is 4.79 Å². The molecule has 1 fully saturated rings. The molecule has 0 saturated carbocycles. The molecule has 136 valence electrons. The zero-order chi connectivity index (χ0) is 18.5. The minimum atomic E-state index is 0.0314. The van der Waals surface area contributed by atoms with E-state index < -0.39 is 0 Å². The van der Waals surface area contributed by atoms with E-state index in [1.165, 1.54) is 19.4 Å². The molecule has 0 atom stereocenters. The first-order valence-corrected chi connectivity index (χ1v) is 10.4. The van der Waals surface area contributed by atoms with Gasteiger partial charge in [-0.05, 0) is 7.05 Å². The molecule has 1 amide bonds. The minimum absolute atomic E-state index is 0.0314. The van der Waals surface area contributed by atoms with Gasteiger partial charge in [-0.2, -0.15) is 0 Å². The molecular formula is C20H23N4OW-. The number of likely N-dealkylation sites (N-methyl/N-ethyl adjacent to an activating group) is 1. The van der Waals surface area contributed by atoms with Gasteiger partial charge in [0.15, 0.2) is 0 Å². The normalized spacial score (nSPS) is 18.9. The van der Waals surface area contributed by atoms with E-state index in [1.54, 1.807) is 4.90 Å². The molecule has 2 aliphatic rings. The Morgan fingerprint density at radius 2 is 2.00 bits per heavy atom. The Morgan fingerprint density at radius 3 is 2.73 bits per heavy atom. The van der Waals surface area contributed by atoms with Crippen LogP contribution in [0.5, 0.6) is 0 Å². The Kier molecular flexibility index (Phi) is 6.47. The molecule has 0 aromatic heterocycles. The van der Waals surface area contributed by atoms with Crippen LogP contribution in [0.4, 0.5) is 5.69 Å². The van der Waals surface area contributed by atoms with Crippen LogP contribution in [0, 0.1) is 6.20 Å². The molecule has 6 heteroatoms. The van der Waals surface area contributed by atoms with Gasteiger partial charge in [0.05, 0.1) is 0 Å². The average Bonchev–Trinajstić information content (AvgIpc) is 2.79. The number of aliphatic imine (C=N–C) groups is 1. The second-order valence-corrected chi connectivity index (χ2v) is 7.49. The van der Waals surface area contributed by atoms with Crippen LogP contribution in [0.1, 0.15) is 12.5 Å². The molecule has 1 aromatic rings. The Balaban J connectivity index is 1.89. The quantitative estimate of drug-likeness (QED) is 0.569. The number of piperazine rings is 1. The number of hydrogen-bond donors (Lipinski definition) is 0. The molecule has 0 N–H and O–H groups in total. The third-order valence-corrected chi connectivity index (χ3v) is 5.15. The summed E-state index contributed by atoms with van der Waals surface area (Å²) in [6.45, 7) is 6.19. The van der Waals surface area contributed by atoms with Gasteiger partial charge in [-0.3, -0.25) is 0 Å². The van der Waals surface area contributed by atoms with E-state index in [0.717, 1.165) is 43.1 Å². The molecule has 5 nitrogen and oxygen atoms in total. The van der Waals surface area contributed by atoms with Gasteiger partial charge in [0.2, 0.25) is 0 Å². The zero-order valence-electron chi connectivity index (χ0n) is 15.2. The van der Waals surface area contributed by atoms with Crippen LogP contribution >= 0.6 is 0 Å². The fraction of sp³-hybridized carbons (Fsp3) is 0.350. The summed E-state index contributed by atoms with van der Waals surface area (Å²) in [4.78, 5) is 23.9. The van der Waals surface area contributed by atoms with Crippen molar-refractivity contribution in [3.05, 3.63) is 53.9 Å². The zero-order valence-corrected chi connectivity index (χ0v) is 18.1. The number of nitrogens with zero attached hydrogens (tertiary/aromatic N) is 4. The Bertz CT molecular complexity index is 776. The standard InChI is InChI=1S/C20H23N4O.W/c1-4-7-17-14-24(19-9-6-5-8-18(19)16(2)21-17)20(25)15-23-12-10-22(3)11-13-23;/h1,4-9H,10-13,15H2,2-3H3;/q-1;. The van der Waals surface area contributed by atoms with Crippen LogP contribution < -0.4 is 4.90 Å². The molecule has 0 radical (unpaired) electrons. The van der Waals surface area contributed by atoms with Crippen molar-refractivity contribution in [2.45, 2.75) is 6.92 Å². The van der Waals surface area contributed by atoms with E-state index in [1.807, 2.05) is 47.7 Å². The van der Waals surface area contributed by atoms with Crippen LogP contribution in [0.15, 0.2) is 47.1 Å². The molecule has 2 aliphatic heterocycles. The van der Waals surface area contributed by atoms with Crippen molar-refractivity contribution in [2.24, 2.45) is 4.99 Å². The predicted molar refractivity (Wildman–Crippen MR) is 102 cm³/mol. The monoisotopic (exact) mass is 519 g/mol. The summed E-state index contributed by atoms with van der Waals surface area (Å²) in [5.74, 6) is 0.0314. The van der Waals surface area contributed by atoms with Gasteiger partial charge in [0, 0.05) is 0 Å². The number of anilines is 1. The van der Waals surface area contributed by atoms with E-state index in [4.69, 9.17) is 0 Å². The van der Waals surface area contributed by atoms with Gasteiger partial charge >= 0.3 is 159 Å². The van der Waals surface area contributed by atoms with Crippen LogP contribution in [0.25, 0.3) is 0 Å². The number of hydrogen-bond acceptors (Lipinski definition) is 4. The molecule has 0 unspecified atom stereocenters. The summed E-state index contributed by atoms with van der Waals surface area (Å²) in [7, 11) is 2.12. The van der Waals surface area contributed by atoms with E-state index in [2.05, 4.69) is 28.0 Å². The van der Waals surface area contributed by atoms with Crippen LogP contribution in [0.2, 0.25) is 0 Å². The molecular weight excluding hydrogens is 496 g/mol. The fourth-order valence-corrected chi connectivity index (χ4v) is 3.37. The summed E-state index contributed by atoms with van der Waals surface area (Å²) < 4.78 is 2.02. The number of carbonyl (C=O) groups excluding carboxylic acids is 1. The van der Waals surface area contributed by atoms with Crippen molar-refractivity contribution in [3.8, 4) is 0 Å². The Labute approximate surface area is 166 Å². The number of fused-ring (bicyclic) bond motifs is 1. The van der Waals surface area contributed by atoms with Gasteiger partial charge in [-0.25, -0.2) is 0 Å².